The van der Waals surface area contributed by atoms with Gasteiger partial charge in [0.1, 0.15) is 0 Å². The van der Waals surface area contributed by atoms with Gasteiger partial charge in [0, 0.05) is 38.6 Å². The SMILES string of the molecule is O=C(CCc1ccc(Cl)c(Cl)c1)N1C[C@H](CCCO)N(C(=O)CCc2ccc(Cl)c(Cl)c2)C[C@H]1Cc1ccccc1. The maximum absolute atomic E-state index is 13.7. The minimum absolute atomic E-state index is 0.0278. The molecule has 3 aromatic carbocycles. The molecule has 0 aliphatic carbocycles. The van der Waals surface area contributed by atoms with Crippen molar-refractivity contribution in [3.05, 3.63) is 104 Å². The monoisotopic (exact) mass is 634 g/mol. The van der Waals surface area contributed by atoms with Crippen LogP contribution in [0.15, 0.2) is 66.7 Å². The van der Waals surface area contributed by atoms with Crippen molar-refractivity contribution in [1.82, 2.24) is 9.80 Å². The Kier molecular flexibility index (Phi) is 11.8. The first-order chi connectivity index (χ1) is 19.7. The van der Waals surface area contributed by atoms with Gasteiger partial charge in [0.15, 0.2) is 0 Å². The topological polar surface area (TPSA) is 60.9 Å². The number of amides is 2. The average molecular weight is 636 g/mol. The average Bonchev–Trinajstić information content (AvgIpc) is 2.97. The summed E-state index contributed by atoms with van der Waals surface area (Å²) in [6.45, 7) is 0.889. The maximum Gasteiger partial charge on any atom is 0.223 e. The first kappa shape index (κ1) is 31.7. The van der Waals surface area contributed by atoms with Crippen molar-refractivity contribution < 1.29 is 14.7 Å². The van der Waals surface area contributed by atoms with Crippen LogP contribution in [0.1, 0.15) is 42.4 Å². The van der Waals surface area contributed by atoms with Crippen molar-refractivity contribution in [2.24, 2.45) is 0 Å². The van der Waals surface area contributed by atoms with Crippen molar-refractivity contribution in [2.75, 3.05) is 19.7 Å². The highest BCUT2D eigenvalue weighted by atomic mass is 35.5. The van der Waals surface area contributed by atoms with Gasteiger partial charge in [0.05, 0.1) is 26.1 Å². The molecule has 3 aromatic rings. The van der Waals surface area contributed by atoms with Gasteiger partial charge in [-0.2, -0.15) is 0 Å². The van der Waals surface area contributed by atoms with Crippen LogP contribution in [0, 0.1) is 0 Å². The van der Waals surface area contributed by atoms with Gasteiger partial charge in [-0.15, -0.1) is 0 Å². The Morgan fingerprint density at radius 3 is 1.71 bits per heavy atom. The van der Waals surface area contributed by atoms with Crippen molar-refractivity contribution in [3.63, 3.8) is 0 Å². The molecule has 0 bridgehead atoms. The van der Waals surface area contributed by atoms with Crippen LogP contribution in [0.2, 0.25) is 20.1 Å². The van der Waals surface area contributed by atoms with E-state index in [1.165, 1.54) is 0 Å². The lowest BCUT2D eigenvalue weighted by atomic mass is 9.95. The molecular weight excluding hydrogens is 602 g/mol. The third kappa shape index (κ3) is 8.86. The van der Waals surface area contributed by atoms with Gasteiger partial charge in [0.25, 0.3) is 0 Å². The summed E-state index contributed by atoms with van der Waals surface area (Å²) in [7, 11) is 0. The fourth-order valence-corrected chi connectivity index (χ4v) is 6.02. The second kappa shape index (κ2) is 15.3. The summed E-state index contributed by atoms with van der Waals surface area (Å²) >= 11 is 24.5. The van der Waals surface area contributed by atoms with Gasteiger partial charge in [0.2, 0.25) is 11.8 Å². The second-order valence-corrected chi connectivity index (χ2v) is 12.1. The predicted octanol–water partition coefficient (Wildman–Crippen LogP) is 7.29. The molecule has 1 heterocycles. The molecule has 0 saturated carbocycles. The minimum Gasteiger partial charge on any atom is -0.396 e. The molecule has 1 aliphatic rings. The van der Waals surface area contributed by atoms with E-state index in [2.05, 4.69) is 0 Å². The number of nitrogens with zero attached hydrogens (tertiary/aromatic N) is 2. The van der Waals surface area contributed by atoms with Crippen LogP contribution in [-0.4, -0.2) is 58.5 Å². The van der Waals surface area contributed by atoms with Crippen molar-refractivity contribution in [1.29, 1.82) is 0 Å². The van der Waals surface area contributed by atoms with Gasteiger partial charge in [-0.05, 0) is 73.1 Å². The zero-order chi connectivity index (χ0) is 29.4. The zero-order valence-electron chi connectivity index (χ0n) is 22.7. The van der Waals surface area contributed by atoms with Crippen LogP contribution >= 0.6 is 46.4 Å². The van der Waals surface area contributed by atoms with Crippen LogP contribution < -0.4 is 0 Å². The molecule has 0 unspecified atom stereocenters. The van der Waals surface area contributed by atoms with E-state index in [1.54, 1.807) is 24.3 Å². The number of aliphatic hydroxyl groups is 1. The number of halogens is 4. The Hall–Kier alpha value is -2.28. The zero-order valence-corrected chi connectivity index (χ0v) is 25.8. The molecule has 0 aromatic heterocycles. The number of benzene rings is 3. The highest BCUT2D eigenvalue weighted by molar-refractivity contribution is 6.42. The molecular formula is C32H34Cl4N2O3. The number of carbonyl (C=O) groups is 2. The fraction of sp³-hybridized carbons (Fsp3) is 0.375. The van der Waals surface area contributed by atoms with Gasteiger partial charge < -0.3 is 14.9 Å². The van der Waals surface area contributed by atoms with E-state index in [-0.39, 0.29) is 30.5 Å². The number of rotatable bonds is 11. The van der Waals surface area contributed by atoms with Gasteiger partial charge in [-0.3, -0.25) is 9.59 Å². The number of carbonyl (C=O) groups excluding carboxylic acids is 2. The third-order valence-electron chi connectivity index (χ3n) is 7.57. The molecule has 218 valence electrons. The Morgan fingerprint density at radius 2 is 1.20 bits per heavy atom. The standard InChI is InChI=1S/C32H34Cl4N2O3/c33-27-12-8-23(18-29(27)35)10-14-31(40)37-21-26(17-22-5-2-1-3-6-22)38(20-25(37)7-4-16-39)32(41)15-11-24-9-13-28(34)30(36)19-24/h1-3,5-6,8-9,12-13,18-19,25-26,39H,4,7,10-11,14-17,20-21H2/t25-,26+/m0/s1. The predicted molar refractivity (Wildman–Crippen MR) is 167 cm³/mol. The van der Waals surface area contributed by atoms with Crippen LogP contribution in [-0.2, 0) is 28.9 Å². The van der Waals surface area contributed by atoms with Crippen LogP contribution in [0.5, 0.6) is 0 Å². The molecule has 1 saturated heterocycles. The lowest BCUT2D eigenvalue weighted by Gasteiger charge is -2.47. The summed E-state index contributed by atoms with van der Waals surface area (Å²) in [6.07, 6.45) is 3.52. The van der Waals surface area contributed by atoms with E-state index in [9.17, 15) is 14.7 Å². The van der Waals surface area contributed by atoms with E-state index >= 15 is 0 Å². The Balaban J connectivity index is 1.51. The van der Waals surface area contributed by atoms with Crippen LogP contribution in [0.4, 0.5) is 0 Å². The van der Waals surface area contributed by atoms with Gasteiger partial charge in [-0.1, -0.05) is 88.9 Å². The van der Waals surface area contributed by atoms with Crippen molar-refractivity contribution in [3.8, 4) is 0 Å². The summed E-state index contributed by atoms with van der Waals surface area (Å²) in [5, 5.41) is 11.5. The molecule has 2 amide bonds. The van der Waals surface area contributed by atoms with E-state index in [0.717, 1.165) is 16.7 Å². The smallest absolute Gasteiger partial charge is 0.223 e. The minimum atomic E-state index is -0.176. The Labute approximate surface area is 261 Å². The quantitative estimate of drug-likeness (QED) is 0.241. The number of hydrogen-bond acceptors (Lipinski definition) is 3. The number of piperazine rings is 1. The molecule has 5 nitrogen and oxygen atoms in total. The molecule has 1 aliphatic heterocycles. The molecule has 41 heavy (non-hydrogen) atoms. The van der Waals surface area contributed by atoms with E-state index in [1.807, 2.05) is 52.3 Å². The highest BCUT2D eigenvalue weighted by Gasteiger charge is 2.37. The lowest BCUT2D eigenvalue weighted by molar-refractivity contribution is -0.147. The summed E-state index contributed by atoms with van der Waals surface area (Å²) in [5.74, 6) is 0.0638. The summed E-state index contributed by atoms with van der Waals surface area (Å²) in [6, 6.07) is 20.5. The maximum atomic E-state index is 13.7. The van der Waals surface area contributed by atoms with Crippen molar-refractivity contribution in [2.45, 2.75) is 57.0 Å². The Morgan fingerprint density at radius 1 is 0.683 bits per heavy atom. The van der Waals surface area contributed by atoms with Crippen LogP contribution in [0.3, 0.4) is 0 Å². The largest absolute Gasteiger partial charge is 0.396 e. The molecule has 0 spiro atoms. The van der Waals surface area contributed by atoms with Crippen molar-refractivity contribution >= 4 is 58.2 Å². The van der Waals surface area contributed by atoms with E-state index < -0.39 is 0 Å². The Bertz CT molecular complexity index is 1340. The molecule has 4 rings (SSSR count). The molecule has 9 heteroatoms. The fourth-order valence-electron chi connectivity index (χ4n) is 5.38. The van der Waals surface area contributed by atoms with E-state index in [0.29, 0.717) is 78.1 Å². The highest BCUT2D eigenvalue weighted by Crippen LogP contribution is 2.27. The van der Waals surface area contributed by atoms with Crippen LogP contribution in [0.25, 0.3) is 0 Å². The molecule has 1 N–H and O–H groups in total. The summed E-state index contributed by atoms with van der Waals surface area (Å²) in [4.78, 5) is 31.2. The first-order valence-electron chi connectivity index (χ1n) is 13.9. The summed E-state index contributed by atoms with van der Waals surface area (Å²) < 4.78 is 0. The van der Waals surface area contributed by atoms with Gasteiger partial charge >= 0.3 is 0 Å². The third-order valence-corrected chi connectivity index (χ3v) is 9.05. The summed E-state index contributed by atoms with van der Waals surface area (Å²) in [5.41, 5.74) is 2.99. The van der Waals surface area contributed by atoms with E-state index in [4.69, 9.17) is 46.4 Å². The first-order valence-corrected chi connectivity index (χ1v) is 15.4. The lowest BCUT2D eigenvalue weighted by Crippen LogP contribution is -2.62. The number of hydrogen-bond donors (Lipinski definition) is 1. The molecule has 0 radical (unpaired) electrons. The second-order valence-electron chi connectivity index (χ2n) is 10.5. The molecule has 1 fully saturated rings. The normalized spacial score (nSPS) is 17.1. The van der Waals surface area contributed by atoms with Gasteiger partial charge in [-0.25, -0.2) is 0 Å². The number of aliphatic hydroxyl groups excluding tert-OH is 1. The molecule has 2 atom stereocenters. The number of aryl methyl sites for hydroxylation is 2.